The van der Waals surface area contributed by atoms with Gasteiger partial charge in [0.05, 0.1) is 13.2 Å². The fraction of sp³-hybridized carbons (Fsp3) is 0.667. The van der Waals surface area contributed by atoms with Gasteiger partial charge in [0.25, 0.3) is 0 Å². The molecular formula is C21H33N3O2. The van der Waals surface area contributed by atoms with E-state index in [2.05, 4.69) is 34.3 Å². The molecule has 3 rings (SSSR count). The molecular weight excluding hydrogens is 326 g/mol. The summed E-state index contributed by atoms with van der Waals surface area (Å²) in [5.74, 6) is 1.34. The van der Waals surface area contributed by atoms with Crippen molar-refractivity contribution in [1.29, 1.82) is 0 Å². The Labute approximate surface area is 157 Å². The van der Waals surface area contributed by atoms with E-state index < -0.39 is 0 Å². The van der Waals surface area contributed by atoms with Crippen LogP contribution in [0.25, 0.3) is 0 Å². The molecule has 1 heterocycles. The maximum atomic E-state index is 12.6. The molecule has 0 aromatic heterocycles. The van der Waals surface area contributed by atoms with Crippen molar-refractivity contribution < 1.29 is 9.53 Å². The summed E-state index contributed by atoms with van der Waals surface area (Å²) in [6.07, 6.45) is 5.76. The second-order valence-corrected chi connectivity index (χ2v) is 7.71. The van der Waals surface area contributed by atoms with Crippen LogP contribution in [0.5, 0.6) is 5.75 Å². The summed E-state index contributed by atoms with van der Waals surface area (Å²) in [7, 11) is 3.86. The van der Waals surface area contributed by atoms with Gasteiger partial charge in [-0.25, -0.2) is 0 Å². The summed E-state index contributed by atoms with van der Waals surface area (Å²) in [5, 5.41) is 3.26. The van der Waals surface area contributed by atoms with E-state index in [1.165, 1.54) is 24.8 Å². The largest absolute Gasteiger partial charge is 0.497 e. The van der Waals surface area contributed by atoms with E-state index >= 15 is 0 Å². The van der Waals surface area contributed by atoms with Crippen molar-refractivity contribution in [1.82, 2.24) is 15.1 Å². The number of hydrogen-bond acceptors (Lipinski definition) is 4. The molecule has 1 saturated carbocycles. The summed E-state index contributed by atoms with van der Waals surface area (Å²) in [6.45, 7) is 4.90. The topological polar surface area (TPSA) is 44.8 Å². The number of benzene rings is 1. The maximum absolute atomic E-state index is 12.6. The lowest BCUT2D eigenvalue weighted by Crippen LogP contribution is -2.49. The molecule has 5 nitrogen and oxygen atoms in total. The smallest absolute Gasteiger partial charge is 0.223 e. The summed E-state index contributed by atoms with van der Waals surface area (Å²) >= 11 is 0. The van der Waals surface area contributed by atoms with Crippen LogP contribution < -0.4 is 10.1 Å². The third kappa shape index (κ3) is 4.98. The number of carbonyl (C=O) groups excluding carboxylic acids is 1. The van der Waals surface area contributed by atoms with Gasteiger partial charge in [0.1, 0.15) is 5.75 Å². The zero-order chi connectivity index (χ0) is 18.4. The third-order valence-electron chi connectivity index (χ3n) is 5.92. The molecule has 1 aromatic rings. The van der Waals surface area contributed by atoms with Crippen LogP contribution >= 0.6 is 0 Å². The van der Waals surface area contributed by atoms with Gasteiger partial charge in [-0.3, -0.25) is 9.69 Å². The molecule has 2 fully saturated rings. The van der Waals surface area contributed by atoms with Crippen LogP contribution in [0.2, 0.25) is 0 Å². The van der Waals surface area contributed by atoms with Crippen LogP contribution in [-0.2, 0) is 4.79 Å². The summed E-state index contributed by atoms with van der Waals surface area (Å²) in [5.41, 5.74) is 1.25. The average Bonchev–Trinajstić information content (AvgIpc) is 2.70. The normalized spacial score (nSPS) is 21.3. The van der Waals surface area contributed by atoms with Crippen LogP contribution in [0.4, 0.5) is 0 Å². The molecule has 1 N–H and O–H groups in total. The van der Waals surface area contributed by atoms with Gasteiger partial charge >= 0.3 is 0 Å². The lowest BCUT2D eigenvalue weighted by molar-refractivity contribution is -0.126. The van der Waals surface area contributed by atoms with Crippen molar-refractivity contribution in [2.24, 2.45) is 5.92 Å². The van der Waals surface area contributed by atoms with Crippen LogP contribution in [-0.4, -0.2) is 62.6 Å². The minimum absolute atomic E-state index is 0.216. The number of amides is 1. The van der Waals surface area contributed by atoms with Gasteiger partial charge in [-0.1, -0.05) is 31.4 Å². The molecule has 0 bridgehead atoms. The van der Waals surface area contributed by atoms with Crippen LogP contribution in [0, 0.1) is 5.92 Å². The molecule has 5 heteroatoms. The Bertz CT molecular complexity index is 561. The second-order valence-electron chi connectivity index (χ2n) is 7.71. The van der Waals surface area contributed by atoms with Gasteiger partial charge in [0.15, 0.2) is 0 Å². The quantitative estimate of drug-likeness (QED) is 0.848. The van der Waals surface area contributed by atoms with Crippen molar-refractivity contribution in [3.8, 4) is 5.75 Å². The molecule has 0 unspecified atom stereocenters. The van der Waals surface area contributed by atoms with Crippen LogP contribution in [0.3, 0.4) is 0 Å². The Morgan fingerprint density at radius 2 is 1.77 bits per heavy atom. The second kappa shape index (κ2) is 9.38. The summed E-state index contributed by atoms with van der Waals surface area (Å²) in [6, 6.07) is 8.52. The first-order chi connectivity index (χ1) is 12.7. The number of nitrogens with one attached hydrogen (secondary N) is 1. The molecule has 1 atom stereocenters. The highest BCUT2D eigenvalue weighted by Crippen LogP contribution is 2.26. The van der Waals surface area contributed by atoms with Gasteiger partial charge in [-0.15, -0.1) is 0 Å². The van der Waals surface area contributed by atoms with E-state index in [1.54, 1.807) is 7.11 Å². The van der Waals surface area contributed by atoms with Gasteiger partial charge in [0, 0.05) is 38.6 Å². The van der Waals surface area contributed by atoms with E-state index in [0.717, 1.165) is 44.8 Å². The van der Waals surface area contributed by atoms with E-state index in [1.807, 2.05) is 12.1 Å². The first kappa shape index (κ1) is 19.2. The van der Waals surface area contributed by atoms with E-state index in [9.17, 15) is 4.79 Å². The van der Waals surface area contributed by atoms with Crippen molar-refractivity contribution in [2.75, 3.05) is 46.9 Å². The highest BCUT2D eigenvalue weighted by atomic mass is 16.5. The Morgan fingerprint density at radius 3 is 2.38 bits per heavy atom. The Morgan fingerprint density at radius 1 is 1.12 bits per heavy atom. The number of methoxy groups -OCH3 is 1. The minimum Gasteiger partial charge on any atom is -0.497 e. The summed E-state index contributed by atoms with van der Waals surface area (Å²) in [4.78, 5) is 17.5. The molecule has 1 aliphatic carbocycles. The Kier molecular flexibility index (Phi) is 6.92. The van der Waals surface area contributed by atoms with E-state index in [-0.39, 0.29) is 17.9 Å². The highest BCUT2D eigenvalue weighted by molar-refractivity contribution is 5.78. The molecule has 0 radical (unpaired) electrons. The molecule has 0 spiro atoms. The number of hydrogen-bond donors (Lipinski definition) is 1. The van der Waals surface area contributed by atoms with Crippen molar-refractivity contribution >= 4 is 5.91 Å². The predicted octanol–water partition coefficient (Wildman–Crippen LogP) is 2.68. The van der Waals surface area contributed by atoms with E-state index in [0.29, 0.717) is 6.54 Å². The maximum Gasteiger partial charge on any atom is 0.223 e. The molecule has 1 aliphatic heterocycles. The molecule has 1 saturated heterocycles. The molecule has 2 aliphatic rings. The van der Waals surface area contributed by atoms with Gasteiger partial charge in [-0.05, 0) is 37.6 Å². The highest BCUT2D eigenvalue weighted by Gasteiger charge is 2.26. The third-order valence-corrected chi connectivity index (χ3v) is 5.92. The first-order valence-corrected chi connectivity index (χ1v) is 10.0. The van der Waals surface area contributed by atoms with Gasteiger partial charge in [0.2, 0.25) is 5.91 Å². The number of nitrogens with zero attached hydrogens (tertiary/aromatic N) is 2. The number of rotatable bonds is 6. The fourth-order valence-corrected chi connectivity index (χ4v) is 4.12. The molecule has 1 aromatic carbocycles. The van der Waals surface area contributed by atoms with Gasteiger partial charge < -0.3 is 15.0 Å². The fourth-order valence-electron chi connectivity index (χ4n) is 4.12. The number of piperazine rings is 1. The zero-order valence-corrected chi connectivity index (χ0v) is 16.2. The first-order valence-electron chi connectivity index (χ1n) is 10.0. The van der Waals surface area contributed by atoms with Crippen LogP contribution in [0.15, 0.2) is 24.3 Å². The molecule has 1 amide bonds. The standard InChI is InChI=1S/C21H33N3O2/c1-23-12-14-24(15-13-23)20(17-8-10-19(26-2)11-9-17)16-22-21(25)18-6-4-3-5-7-18/h8-11,18,20H,3-7,12-16H2,1-2H3,(H,22,25)/t20-/m0/s1. The SMILES string of the molecule is COc1ccc([C@H](CNC(=O)C2CCCCC2)N2CCN(C)CC2)cc1. The molecule has 26 heavy (non-hydrogen) atoms. The number of ether oxygens (including phenoxy) is 1. The van der Waals surface area contributed by atoms with Gasteiger partial charge in [-0.2, -0.15) is 0 Å². The monoisotopic (exact) mass is 359 g/mol. The van der Waals surface area contributed by atoms with Crippen LogP contribution in [0.1, 0.15) is 43.7 Å². The van der Waals surface area contributed by atoms with Crippen molar-refractivity contribution in [3.63, 3.8) is 0 Å². The minimum atomic E-state index is 0.216. The Balaban J connectivity index is 1.66. The lowest BCUT2D eigenvalue weighted by Gasteiger charge is -2.38. The Hall–Kier alpha value is -1.59. The average molecular weight is 360 g/mol. The summed E-state index contributed by atoms with van der Waals surface area (Å²) < 4.78 is 5.30. The van der Waals surface area contributed by atoms with Crippen molar-refractivity contribution in [3.05, 3.63) is 29.8 Å². The number of likely N-dealkylation sites (N-methyl/N-ethyl adjacent to an activating group) is 1. The lowest BCUT2D eigenvalue weighted by atomic mass is 9.88. The van der Waals surface area contributed by atoms with E-state index in [4.69, 9.17) is 4.74 Å². The number of carbonyl (C=O) groups is 1. The van der Waals surface area contributed by atoms with Crippen molar-refractivity contribution in [2.45, 2.75) is 38.1 Å². The molecule has 144 valence electrons. The zero-order valence-electron chi connectivity index (χ0n) is 16.2. The predicted molar refractivity (Wildman–Crippen MR) is 104 cm³/mol.